The first-order chi connectivity index (χ1) is 14.2. The van der Waals surface area contributed by atoms with Crippen LogP contribution in [0.5, 0.6) is 0 Å². The second kappa shape index (κ2) is 11.4. The third-order valence-corrected chi connectivity index (χ3v) is 4.23. The molecule has 3 amide bonds. The average Bonchev–Trinajstić information content (AvgIpc) is 2.58. The Bertz CT molecular complexity index is 693. The van der Waals surface area contributed by atoms with Crippen LogP contribution in [0, 0.1) is 5.92 Å². The number of benzene rings is 1. The van der Waals surface area contributed by atoms with Crippen molar-refractivity contribution in [3.63, 3.8) is 0 Å². The smallest absolute Gasteiger partial charge is 0.407 e. The maximum Gasteiger partial charge on any atom is 0.407 e. The molecule has 0 saturated carbocycles. The minimum Gasteiger partial charge on any atom is -0.444 e. The van der Waals surface area contributed by atoms with Crippen LogP contribution in [0.2, 0.25) is 0 Å². The molecule has 1 aromatic carbocycles. The van der Waals surface area contributed by atoms with Gasteiger partial charge in [-0.2, -0.15) is 0 Å². The Morgan fingerprint density at radius 3 is 2.10 bits per heavy atom. The molecule has 1 aromatic rings. The van der Waals surface area contributed by atoms with Crippen LogP contribution in [0.15, 0.2) is 30.3 Å². The van der Waals surface area contributed by atoms with Crippen molar-refractivity contribution in [2.75, 3.05) is 13.1 Å². The van der Waals surface area contributed by atoms with E-state index in [0.717, 1.165) is 5.56 Å². The molecule has 3 N–H and O–H groups in total. The summed E-state index contributed by atoms with van der Waals surface area (Å²) in [5.41, 5.74) is -0.0740. The summed E-state index contributed by atoms with van der Waals surface area (Å²) in [6, 6.07) is 8.76. The Kier molecular flexibility index (Phi) is 9.81. The Hall–Kier alpha value is -2.28. The summed E-state index contributed by atoms with van der Waals surface area (Å²) in [5.74, 6) is 0.226. The van der Waals surface area contributed by atoms with Crippen molar-refractivity contribution in [2.45, 2.75) is 85.1 Å². The largest absolute Gasteiger partial charge is 0.444 e. The zero-order valence-electron chi connectivity index (χ0n) is 20.4. The van der Waals surface area contributed by atoms with Gasteiger partial charge in [0.25, 0.3) is 0 Å². The molecule has 0 spiro atoms. The number of carbonyl (C=O) groups is 2. The molecule has 0 aliphatic rings. The lowest BCUT2D eigenvalue weighted by atomic mass is 10.0. The zero-order chi connectivity index (χ0) is 23.8. The summed E-state index contributed by atoms with van der Waals surface area (Å²) in [4.78, 5) is 26.8. The van der Waals surface area contributed by atoms with Gasteiger partial charge in [-0.05, 0) is 59.4 Å². The number of hydrogen-bond donors (Lipinski definition) is 3. The van der Waals surface area contributed by atoms with Crippen molar-refractivity contribution >= 4 is 12.1 Å². The van der Waals surface area contributed by atoms with Crippen molar-refractivity contribution in [3.8, 4) is 0 Å². The Morgan fingerprint density at radius 2 is 1.61 bits per heavy atom. The fourth-order valence-electron chi connectivity index (χ4n) is 3.04. The van der Waals surface area contributed by atoms with E-state index in [9.17, 15) is 14.7 Å². The number of aliphatic hydroxyl groups is 1. The summed E-state index contributed by atoms with van der Waals surface area (Å²) < 4.78 is 5.38. The third kappa shape index (κ3) is 11.6. The van der Waals surface area contributed by atoms with Gasteiger partial charge in [-0.25, -0.2) is 9.59 Å². The summed E-state index contributed by atoms with van der Waals surface area (Å²) >= 11 is 0. The highest BCUT2D eigenvalue weighted by molar-refractivity contribution is 5.75. The molecule has 31 heavy (non-hydrogen) atoms. The van der Waals surface area contributed by atoms with E-state index in [2.05, 4.69) is 10.6 Å². The van der Waals surface area contributed by atoms with Crippen molar-refractivity contribution in [1.82, 2.24) is 15.5 Å². The van der Waals surface area contributed by atoms with E-state index in [0.29, 0.717) is 13.0 Å². The highest BCUT2D eigenvalue weighted by atomic mass is 16.6. The topological polar surface area (TPSA) is 90.9 Å². The van der Waals surface area contributed by atoms with Gasteiger partial charge in [0, 0.05) is 12.1 Å². The molecule has 0 aromatic heterocycles. The van der Waals surface area contributed by atoms with E-state index in [1.165, 1.54) is 0 Å². The molecule has 0 aliphatic heterocycles. The van der Waals surface area contributed by atoms with Crippen LogP contribution in [0.4, 0.5) is 9.59 Å². The summed E-state index contributed by atoms with van der Waals surface area (Å²) in [5, 5.41) is 16.8. The van der Waals surface area contributed by atoms with Gasteiger partial charge in [0.05, 0.1) is 18.7 Å². The molecule has 0 heterocycles. The third-order valence-electron chi connectivity index (χ3n) is 4.23. The predicted octanol–water partition coefficient (Wildman–Crippen LogP) is 3.95. The van der Waals surface area contributed by atoms with E-state index in [1.54, 1.807) is 25.7 Å². The number of aliphatic hydroxyl groups excluding tert-OH is 1. The highest BCUT2D eigenvalue weighted by Gasteiger charge is 2.29. The predicted molar refractivity (Wildman–Crippen MR) is 124 cm³/mol. The lowest BCUT2D eigenvalue weighted by molar-refractivity contribution is 0.0380. The van der Waals surface area contributed by atoms with Crippen LogP contribution < -0.4 is 10.6 Å². The number of urea groups is 1. The molecular formula is C24H41N3O4. The maximum absolute atomic E-state index is 12.8. The van der Waals surface area contributed by atoms with Crippen LogP contribution in [-0.4, -0.2) is 58.5 Å². The summed E-state index contributed by atoms with van der Waals surface area (Å²) in [6.45, 7) is 15.7. The Balaban J connectivity index is 3.01. The van der Waals surface area contributed by atoms with Crippen molar-refractivity contribution in [1.29, 1.82) is 0 Å². The van der Waals surface area contributed by atoms with Gasteiger partial charge in [-0.15, -0.1) is 0 Å². The average molecular weight is 436 g/mol. The number of ether oxygens (including phenoxy) is 1. The SMILES string of the molecule is CC(C)CN(C[C@@H](O)[C@H](Cc1ccccc1)NC(=O)OC(C)(C)C)C(=O)NC(C)(C)C. The van der Waals surface area contributed by atoms with Crippen LogP contribution in [0.1, 0.15) is 61.0 Å². The Labute approximate surface area is 187 Å². The first kappa shape index (κ1) is 26.8. The lowest BCUT2D eigenvalue weighted by Gasteiger charge is -2.33. The monoisotopic (exact) mass is 435 g/mol. The first-order valence-electron chi connectivity index (χ1n) is 10.9. The standard InChI is InChI=1S/C24H41N3O4/c1-17(2)15-27(21(29)26-23(3,4)5)16-20(28)19(14-18-12-10-9-11-13-18)25-22(30)31-24(6,7)8/h9-13,17,19-20,28H,14-16H2,1-8H3,(H,25,30)(H,26,29)/t19-,20+/m0/s1. The fourth-order valence-corrected chi connectivity index (χ4v) is 3.04. The zero-order valence-corrected chi connectivity index (χ0v) is 20.4. The molecule has 0 unspecified atom stereocenters. The highest BCUT2D eigenvalue weighted by Crippen LogP contribution is 2.13. The van der Waals surface area contributed by atoms with Crippen molar-refractivity contribution < 1.29 is 19.4 Å². The molecular weight excluding hydrogens is 394 g/mol. The number of alkyl carbamates (subject to hydrolysis) is 1. The van der Waals surface area contributed by atoms with Gasteiger partial charge >= 0.3 is 12.1 Å². The van der Waals surface area contributed by atoms with E-state index in [4.69, 9.17) is 4.74 Å². The normalized spacial score (nSPS) is 14.0. The number of rotatable bonds is 8. The van der Waals surface area contributed by atoms with E-state index in [-0.39, 0.29) is 18.5 Å². The molecule has 0 fully saturated rings. The number of nitrogens with zero attached hydrogens (tertiary/aromatic N) is 1. The van der Waals surface area contributed by atoms with E-state index < -0.39 is 29.4 Å². The molecule has 0 bridgehead atoms. The second-order valence-corrected chi connectivity index (χ2v) is 10.5. The Morgan fingerprint density at radius 1 is 1.03 bits per heavy atom. The lowest BCUT2D eigenvalue weighted by Crippen LogP contribution is -2.55. The summed E-state index contributed by atoms with van der Waals surface area (Å²) in [6.07, 6.45) is -1.16. The van der Waals surface area contributed by atoms with Gasteiger partial charge in [-0.3, -0.25) is 0 Å². The van der Waals surface area contributed by atoms with Crippen LogP contribution in [0.3, 0.4) is 0 Å². The van der Waals surface area contributed by atoms with Crippen LogP contribution >= 0.6 is 0 Å². The molecule has 0 radical (unpaired) electrons. The van der Waals surface area contributed by atoms with Crippen molar-refractivity contribution in [2.24, 2.45) is 5.92 Å². The van der Waals surface area contributed by atoms with Gasteiger partial charge in [0.1, 0.15) is 5.60 Å². The van der Waals surface area contributed by atoms with Gasteiger partial charge in [-0.1, -0.05) is 44.2 Å². The molecule has 0 aliphatic carbocycles. The fraction of sp³-hybridized carbons (Fsp3) is 0.667. The number of carbonyl (C=O) groups excluding carboxylic acids is 2. The van der Waals surface area contributed by atoms with Crippen LogP contribution in [-0.2, 0) is 11.2 Å². The minimum atomic E-state index is -0.975. The van der Waals surface area contributed by atoms with Gasteiger partial charge in [0.15, 0.2) is 0 Å². The molecule has 7 heteroatoms. The van der Waals surface area contributed by atoms with Crippen molar-refractivity contribution in [3.05, 3.63) is 35.9 Å². The first-order valence-corrected chi connectivity index (χ1v) is 10.9. The van der Waals surface area contributed by atoms with Gasteiger partial charge < -0.3 is 25.4 Å². The quantitative estimate of drug-likeness (QED) is 0.577. The maximum atomic E-state index is 12.8. The van der Waals surface area contributed by atoms with E-state index in [1.807, 2.05) is 65.0 Å². The number of amides is 3. The number of nitrogens with one attached hydrogen (secondary N) is 2. The second-order valence-electron chi connectivity index (χ2n) is 10.5. The molecule has 0 saturated heterocycles. The number of hydrogen-bond acceptors (Lipinski definition) is 4. The minimum absolute atomic E-state index is 0.0907. The molecule has 2 atom stereocenters. The molecule has 176 valence electrons. The van der Waals surface area contributed by atoms with Gasteiger partial charge in [0.2, 0.25) is 0 Å². The molecule has 1 rings (SSSR count). The summed E-state index contributed by atoms with van der Waals surface area (Å²) in [7, 11) is 0. The van der Waals surface area contributed by atoms with E-state index >= 15 is 0 Å². The van der Waals surface area contributed by atoms with Crippen LogP contribution in [0.25, 0.3) is 0 Å². The molecule has 7 nitrogen and oxygen atoms in total.